The first-order valence-corrected chi connectivity index (χ1v) is 9.73. The Bertz CT molecular complexity index is 808. The highest BCUT2D eigenvalue weighted by Crippen LogP contribution is 2.31. The van der Waals surface area contributed by atoms with Crippen molar-refractivity contribution in [2.24, 2.45) is 0 Å². The molecule has 116 valence electrons. The largest absolute Gasteiger partial charge is 0.397 e. The van der Waals surface area contributed by atoms with Crippen molar-refractivity contribution in [2.75, 3.05) is 17.7 Å². The van der Waals surface area contributed by atoms with Crippen molar-refractivity contribution in [2.45, 2.75) is 0 Å². The van der Waals surface area contributed by atoms with Crippen molar-refractivity contribution in [1.82, 2.24) is 0 Å². The van der Waals surface area contributed by atoms with E-state index in [-0.39, 0.29) is 0 Å². The minimum absolute atomic E-state index is 0.720. The Hall–Kier alpha value is -2.09. The number of thiophene rings is 1. The lowest BCUT2D eigenvalue weighted by molar-refractivity contribution is 1.55. The molecule has 0 spiro atoms. The van der Waals surface area contributed by atoms with Gasteiger partial charge in [-0.05, 0) is 46.7 Å². The number of nitrogens with two attached hydrogens (primary N) is 1. The molecule has 0 aliphatic heterocycles. The Morgan fingerprint density at radius 2 is 1.91 bits per heavy atom. The predicted molar refractivity (Wildman–Crippen MR) is 107 cm³/mol. The summed E-state index contributed by atoms with van der Waals surface area (Å²) >= 11 is 1.72. The maximum absolute atomic E-state index is 6.12. The summed E-state index contributed by atoms with van der Waals surface area (Å²) < 4.78 is 0. The van der Waals surface area contributed by atoms with Gasteiger partial charge in [0, 0.05) is 10.6 Å². The first-order chi connectivity index (χ1) is 11.2. The van der Waals surface area contributed by atoms with Gasteiger partial charge in [0.2, 0.25) is 0 Å². The lowest BCUT2D eigenvalue weighted by atomic mass is 10.1. The van der Waals surface area contributed by atoms with Crippen LogP contribution in [-0.2, 0) is 0 Å². The standard InChI is InChI=1S/C19H19N2PS/c1-13(14-5-8-16(22-2)9-6-14)21-18-12-15(7-10-17(18)20)19-4-3-11-23-19/h3-12,21-22H,1,20H2,2H3. The molecule has 0 aliphatic rings. The summed E-state index contributed by atoms with van der Waals surface area (Å²) in [7, 11) is 0.808. The van der Waals surface area contributed by atoms with Crippen molar-refractivity contribution in [1.29, 1.82) is 0 Å². The monoisotopic (exact) mass is 338 g/mol. The smallest absolute Gasteiger partial charge is 0.0624 e. The van der Waals surface area contributed by atoms with Gasteiger partial charge in [-0.2, -0.15) is 0 Å². The van der Waals surface area contributed by atoms with Gasteiger partial charge in [0.05, 0.1) is 11.4 Å². The van der Waals surface area contributed by atoms with Crippen LogP contribution in [0.5, 0.6) is 0 Å². The van der Waals surface area contributed by atoms with E-state index in [2.05, 4.69) is 66.4 Å². The van der Waals surface area contributed by atoms with E-state index in [1.807, 2.05) is 12.1 Å². The summed E-state index contributed by atoms with van der Waals surface area (Å²) in [5, 5.41) is 6.78. The molecule has 0 amide bonds. The summed E-state index contributed by atoms with van der Waals surface area (Å²) in [4.78, 5) is 1.23. The maximum Gasteiger partial charge on any atom is 0.0624 e. The molecule has 2 nitrogen and oxygen atoms in total. The highest BCUT2D eigenvalue weighted by molar-refractivity contribution is 7.46. The number of anilines is 2. The summed E-state index contributed by atoms with van der Waals surface area (Å²) in [5.41, 5.74) is 10.8. The van der Waals surface area contributed by atoms with Crippen molar-refractivity contribution in [3.8, 4) is 10.4 Å². The minimum atomic E-state index is 0.720. The summed E-state index contributed by atoms with van der Waals surface area (Å²) in [5.74, 6) is 0. The van der Waals surface area contributed by atoms with Crippen LogP contribution in [-0.4, -0.2) is 6.66 Å². The first-order valence-electron chi connectivity index (χ1n) is 7.35. The highest BCUT2D eigenvalue weighted by Gasteiger charge is 2.06. The molecule has 1 heterocycles. The molecule has 1 aromatic heterocycles. The Kier molecular flexibility index (Phi) is 4.80. The predicted octanol–water partition coefficient (Wildman–Crippen LogP) is 5.01. The molecule has 0 saturated carbocycles. The topological polar surface area (TPSA) is 38.0 Å². The van der Waals surface area contributed by atoms with E-state index in [4.69, 9.17) is 5.73 Å². The molecule has 1 atom stereocenters. The molecule has 0 radical (unpaired) electrons. The molecule has 0 fully saturated rings. The number of nitrogen functional groups attached to an aromatic ring is 1. The fourth-order valence-electron chi connectivity index (χ4n) is 2.33. The number of hydrogen-bond acceptors (Lipinski definition) is 3. The Morgan fingerprint density at radius 3 is 2.57 bits per heavy atom. The third kappa shape index (κ3) is 3.64. The normalized spacial score (nSPS) is 11.0. The Balaban J connectivity index is 1.83. The second-order valence-corrected chi connectivity index (χ2v) is 7.24. The maximum atomic E-state index is 6.12. The summed E-state index contributed by atoms with van der Waals surface area (Å²) in [6.45, 7) is 6.33. The average Bonchev–Trinajstić information content (AvgIpc) is 3.11. The number of benzene rings is 2. The van der Waals surface area contributed by atoms with E-state index in [0.29, 0.717) is 0 Å². The second-order valence-electron chi connectivity index (χ2n) is 5.21. The van der Waals surface area contributed by atoms with Crippen LogP contribution in [0.25, 0.3) is 16.1 Å². The Morgan fingerprint density at radius 1 is 1.13 bits per heavy atom. The molecular formula is C19H19N2PS. The van der Waals surface area contributed by atoms with Crippen LogP contribution in [0.4, 0.5) is 11.4 Å². The second kappa shape index (κ2) is 6.99. The van der Waals surface area contributed by atoms with Crippen LogP contribution in [0.2, 0.25) is 0 Å². The molecular weight excluding hydrogens is 319 g/mol. The zero-order valence-corrected chi connectivity index (χ0v) is 14.8. The fraction of sp³-hybridized carbons (Fsp3) is 0.0526. The lowest BCUT2D eigenvalue weighted by Crippen LogP contribution is -2.02. The van der Waals surface area contributed by atoms with Crippen molar-refractivity contribution in [3.05, 3.63) is 72.1 Å². The molecule has 1 unspecified atom stereocenters. The molecule has 3 aromatic rings. The minimum Gasteiger partial charge on any atom is -0.397 e. The Labute approximate surface area is 142 Å². The zero-order valence-electron chi connectivity index (χ0n) is 13.0. The SMILES string of the molecule is C=C(Nc1cc(-c2cccs2)ccc1N)c1ccc(PC)cc1. The highest BCUT2D eigenvalue weighted by atomic mass is 32.1. The molecule has 3 N–H and O–H groups in total. The zero-order chi connectivity index (χ0) is 16.2. The quantitative estimate of drug-likeness (QED) is 0.507. The van der Waals surface area contributed by atoms with Gasteiger partial charge in [-0.25, -0.2) is 0 Å². The van der Waals surface area contributed by atoms with Crippen LogP contribution in [0.1, 0.15) is 5.56 Å². The summed E-state index contributed by atoms with van der Waals surface area (Å²) in [6.07, 6.45) is 0. The fourth-order valence-corrected chi connectivity index (χ4v) is 3.56. The van der Waals surface area contributed by atoms with Crippen molar-refractivity contribution < 1.29 is 0 Å². The van der Waals surface area contributed by atoms with Gasteiger partial charge in [0.1, 0.15) is 0 Å². The third-order valence-corrected chi connectivity index (χ3v) is 5.50. The molecule has 0 saturated heterocycles. The van der Waals surface area contributed by atoms with E-state index in [0.717, 1.165) is 36.8 Å². The van der Waals surface area contributed by atoms with Gasteiger partial charge in [-0.1, -0.05) is 51.6 Å². The number of hydrogen-bond donors (Lipinski definition) is 2. The van der Waals surface area contributed by atoms with Gasteiger partial charge in [0.15, 0.2) is 0 Å². The summed E-state index contributed by atoms with van der Waals surface area (Å²) in [6, 6.07) is 18.7. The molecule has 0 aliphatic carbocycles. The molecule has 0 bridgehead atoms. The van der Waals surface area contributed by atoms with Crippen LogP contribution >= 0.6 is 19.9 Å². The van der Waals surface area contributed by atoms with Crippen LogP contribution in [0, 0.1) is 0 Å². The van der Waals surface area contributed by atoms with Gasteiger partial charge in [-0.15, -0.1) is 11.3 Å². The number of rotatable bonds is 5. The lowest BCUT2D eigenvalue weighted by Gasteiger charge is -2.13. The van der Waals surface area contributed by atoms with Crippen LogP contribution < -0.4 is 16.4 Å². The molecule has 23 heavy (non-hydrogen) atoms. The molecule has 4 heteroatoms. The number of nitrogens with one attached hydrogen (secondary N) is 1. The van der Waals surface area contributed by atoms with Gasteiger partial charge in [0.25, 0.3) is 0 Å². The third-order valence-electron chi connectivity index (χ3n) is 3.67. The average molecular weight is 338 g/mol. The molecule has 3 rings (SSSR count). The first kappa shape index (κ1) is 15.8. The van der Waals surface area contributed by atoms with Crippen LogP contribution in [0.15, 0.2) is 66.6 Å². The van der Waals surface area contributed by atoms with Crippen molar-refractivity contribution in [3.63, 3.8) is 0 Å². The van der Waals surface area contributed by atoms with E-state index in [1.165, 1.54) is 10.2 Å². The van der Waals surface area contributed by atoms with E-state index in [1.54, 1.807) is 11.3 Å². The van der Waals surface area contributed by atoms with Crippen LogP contribution in [0.3, 0.4) is 0 Å². The van der Waals surface area contributed by atoms with E-state index < -0.39 is 0 Å². The molecule has 2 aromatic carbocycles. The van der Waals surface area contributed by atoms with Gasteiger partial charge < -0.3 is 11.1 Å². The van der Waals surface area contributed by atoms with Gasteiger partial charge >= 0.3 is 0 Å². The van der Waals surface area contributed by atoms with Crippen molar-refractivity contribution >= 4 is 42.3 Å². The van der Waals surface area contributed by atoms with E-state index in [9.17, 15) is 0 Å². The van der Waals surface area contributed by atoms with Gasteiger partial charge in [-0.3, -0.25) is 0 Å². The van der Waals surface area contributed by atoms with E-state index >= 15 is 0 Å².